The molecule has 0 unspecified atom stereocenters. The second kappa shape index (κ2) is 3.69. The smallest absolute Gasteiger partial charge is 0.167 e. The Morgan fingerprint density at radius 2 is 2.13 bits per heavy atom. The molecule has 3 nitrogen and oxygen atoms in total. The molecule has 1 aromatic heterocycles. The number of hydrogen-bond acceptors (Lipinski definition) is 3. The van der Waals surface area contributed by atoms with Crippen molar-refractivity contribution in [3.63, 3.8) is 0 Å². The number of aromatic nitrogens is 1. The molecule has 0 spiro atoms. The first-order chi connectivity index (χ1) is 7.16. The number of hydrogen-bond donors (Lipinski definition) is 0. The van der Waals surface area contributed by atoms with Crippen LogP contribution in [0.15, 0.2) is 34.9 Å². The van der Waals surface area contributed by atoms with Crippen molar-refractivity contribution in [2.75, 3.05) is 0 Å². The molecule has 0 fully saturated rings. The SMILES string of the molecule is CC(=O)c1cccc(-c2cc(C)no2)c1. The largest absolute Gasteiger partial charge is 0.356 e. The number of benzene rings is 1. The molecular weight excluding hydrogens is 190 g/mol. The molecule has 15 heavy (non-hydrogen) atoms. The molecule has 0 saturated carbocycles. The second-order valence-electron chi connectivity index (χ2n) is 3.47. The third kappa shape index (κ3) is 1.96. The first-order valence-electron chi connectivity index (χ1n) is 4.71. The van der Waals surface area contributed by atoms with E-state index in [1.165, 1.54) is 0 Å². The third-order valence-corrected chi connectivity index (χ3v) is 2.18. The van der Waals surface area contributed by atoms with Crippen molar-refractivity contribution < 1.29 is 9.32 Å². The lowest BCUT2D eigenvalue weighted by Gasteiger charge is -1.98. The summed E-state index contributed by atoms with van der Waals surface area (Å²) < 4.78 is 5.12. The van der Waals surface area contributed by atoms with Gasteiger partial charge in [0.2, 0.25) is 0 Å². The van der Waals surface area contributed by atoms with Crippen LogP contribution in [0.2, 0.25) is 0 Å². The van der Waals surface area contributed by atoms with E-state index in [1.54, 1.807) is 13.0 Å². The molecular formula is C12H11NO2. The number of aryl methyl sites for hydroxylation is 1. The molecule has 0 amide bonds. The van der Waals surface area contributed by atoms with Crippen molar-refractivity contribution >= 4 is 5.78 Å². The highest BCUT2D eigenvalue weighted by atomic mass is 16.5. The molecule has 0 radical (unpaired) electrons. The molecule has 1 heterocycles. The molecule has 0 atom stereocenters. The van der Waals surface area contributed by atoms with E-state index in [0.29, 0.717) is 11.3 Å². The molecule has 2 aromatic rings. The lowest BCUT2D eigenvalue weighted by atomic mass is 10.1. The van der Waals surface area contributed by atoms with E-state index in [4.69, 9.17) is 4.52 Å². The fourth-order valence-electron chi connectivity index (χ4n) is 1.39. The zero-order valence-electron chi connectivity index (χ0n) is 8.65. The molecule has 2 rings (SSSR count). The first-order valence-corrected chi connectivity index (χ1v) is 4.71. The van der Waals surface area contributed by atoms with Crippen LogP contribution in [0.4, 0.5) is 0 Å². The molecule has 0 N–H and O–H groups in total. The average Bonchev–Trinajstić information content (AvgIpc) is 2.65. The molecule has 76 valence electrons. The van der Waals surface area contributed by atoms with Gasteiger partial charge in [-0.25, -0.2) is 0 Å². The number of rotatable bonds is 2. The zero-order valence-corrected chi connectivity index (χ0v) is 8.65. The van der Waals surface area contributed by atoms with Crippen LogP contribution in [0.1, 0.15) is 23.0 Å². The Balaban J connectivity index is 2.45. The summed E-state index contributed by atoms with van der Waals surface area (Å²) in [6.07, 6.45) is 0. The summed E-state index contributed by atoms with van der Waals surface area (Å²) in [7, 11) is 0. The quantitative estimate of drug-likeness (QED) is 0.701. The van der Waals surface area contributed by atoms with Gasteiger partial charge in [0, 0.05) is 17.2 Å². The molecule has 0 aliphatic heterocycles. The highest BCUT2D eigenvalue weighted by Crippen LogP contribution is 2.21. The fraction of sp³-hybridized carbons (Fsp3) is 0.167. The molecule has 1 aromatic carbocycles. The Labute approximate surface area is 87.7 Å². The van der Waals surface area contributed by atoms with Crippen molar-refractivity contribution in [2.24, 2.45) is 0 Å². The van der Waals surface area contributed by atoms with Gasteiger partial charge < -0.3 is 4.52 Å². The zero-order chi connectivity index (χ0) is 10.8. The lowest BCUT2D eigenvalue weighted by Crippen LogP contribution is -1.91. The van der Waals surface area contributed by atoms with E-state index in [9.17, 15) is 4.79 Å². The minimum atomic E-state index is 0.0492. The van der Waals surface area contributed by atoms with Crippen LogP contribution in [0, 0.1) is 6.92 Å². The van der Waals surface area contributed by atoms with Crippen molar-refractivity contribution in [3.05, 3.63) is 41.6 Å². The average molecular weight is 201 g/mol. The first kappa shape index (κ1) is 9.65. The van der Waals surface area contributed by atoms with Crippen molar-refractivity contribution in [3.8, 4) is 11.3 Å². The second-order valence-corrected chi connectivity index (χ2v) is 3.47. The number of nitrogens with zero attached hydrogens (tertiary/aromatic N) is 1. The summed E-state index contributed by atoms with van der Waals surface area (Å²) in [5, 5.41) is 3.81. The highest BCUT2D eigenvalue weighted by Gasteiger charge is 2.06. The molecule has 0 aliphatic carbocycles. The topological polar surface area (TPSA) is 43.1 Å². The van der Waals surface area contributed by atoms with Gasteiger partial charge in [-0.1, -0.05) is 23.4 Å². The summed E-state index contributed by atoms with van der Waals surface area (Å²) in [6, 6.07) is 9.17. The number of carbonyl (C=O) groups excluding carboxylic acids is 1. The van der Waals surface area contributed by atoms with Gasteiger partial charge >= 0.3 is 0 Å². The van der Waals surface area contributed by atoms with E-state index in [1.807, 2.05) is 31.2 Å². The third-order valence-electron chi connectivity index (χ3n) is 2.18. The minimum Gasteiger partial charge on any atom is -0.356 e. The maximum absolute atomic E-state index is 11.2. The Morgan fingerprint density at radius 3 is 2.73 bits per heavy atom. The molecule has 0 aliphatic rings. The van der Waals surface area contributed by atoms with E-state index >= 15 is 0 Å². The summed E-state index contributed by atoms with van der Waals surface area (Å²) in [6.45, 7) is 3.41. The molecule has 0 saturated heterocycles. The Morgan fingerprint density at radius 1 is 1.33 bits per heavy atom. The van der Waals surface area contributed by atoms with Crippen LogP contribution in [-0.2, 0) is 0 Å². The molecule has 3 heteroatoms. The minimum absolute atomic E-state index is 0.0492. The van der Waals surface area contributed by atoms with Crippen LogP contribution in [0.5, 0.6) is 0 Å². The van der Waals surface area contributed by atoms with E-state index < -0.39 is 0 Å². The maximum Gasteiger partial charge on any atom is 0.167 e. The Hall–Kier alpha value is -1.90. The van der Waals surface area contributed by atoms with Gasteiger partial charge in [0.25, 0.3) is 0 Å². The predicted molar refractivity (Wildman–Crippen MR) is 56.7 cm³/mol. The Kier molecular flexibility index (Phi) is 2.37. The summed E-state index contributed by atoms with van der Waals surface area (Å²) >= 11 is 0. The van der Waals surface area contributed by atoms with Gasteiger partial charge in [-0.3, -0.25) is 4.79 Å². The van der Waals surface area contributed by atoms with Gasteiger partial charge in [0.15, 0.2) is 11.5 Å². The number of ketones is 1. The normalized spacial score (nSPS) is 10.3. The van der Waals surface area contributed by atoms with Gasteiger partial charge in [-0.15, -0.1) is 0 Å². The molecule has 0 bridgehead atoms. The van der Waals surface area contributed by atoms with Gasteiger partial charge in [0.05, 0.1) is 5.69 Å². The van der Waals surface area contributed by atoms with Gasteiger partial charge in [-0.05, 0) is 19.9 Å². The van der Waals surface area contributed by atoms with E-state index in [2.05, 4.69) is 5.16 Å². The maximum atomic E-state index is 11.2. The van der Waals surface area contributed by atoms with Crippen LogP contribution >= 0.6 is 0 Å². The number of carbonyl (C=O) groups is 1. The summed E-state index contributed by atoms with van der Waals surface area (Å²) in [5.74, 6) is 0.740. The van der Waals surface area contributed by atoms with Gasteiger partial charge in [-0.2, -0.15) is 0 Å². The van der Waals surface area contributed by atoms with Crippen LogP contribution in [0.25, 0.3) is 11.3 Å². The number of Topliss-reactive ketones (excluding diaryl/α,β-unsaturated/α-hetero) is 1. The van der Waals surface area contributed by atoms with Crippen LogP contribution in [-0.4, -0.2) is 10.9 Å². The summed E-state index contributed by atoms with van der Waals surface area (Å²) in [4.78, 5) is 11.2. The van der Waals surface area contributed by atoms with Crippen molar-refractivity contribution in [2.45, 2.75) is 13.8 Å². The lowest BCUT2D eigenvalue weighted by molar-refractivity contribution is 0.101. The standard InChI is InChI=1S/C12H11NO2/c1-8-6-12(15-13-8)11-5-3-4-10(7-11)9(2)14/h3-7H,1-2H3. The van der Waals surface area contributed by atoms with E-state index in [0.717, 1.165) is 11.3 Å². The fourth-order valence-corrected chi connectivity index (χ4v) is 1.39. The predicted octanol–water partition coefficient (Wildman–Crippen LogP) is 2.85. The summed E-state index contributed by atoms with van der Waals surface area (Å²) in [5.41, 5.74) is 2.39. The highest BCUT2D eigenvalue weighted by molar-refractivity contribution is 5.95. The van der Waals surface area contributed by atoms with Crippen LogP contribution < -0.4 is 0 Å². The monoisotopic (exact) mass is 201 g/mol. The Bertz CT molecular complexity index is 500. The van der Waals surface area contributed by atoms with Crippen molar-refractivity contribution in [1.82, 2.24) is 5.16 Å². The van der Waals surface area contributed by atoms with E-state index in [-0.39, 0.29) is 5.78 Å². The van der Waals surface area contributed by atoms with Crippen LogP contribution in [0.3, 0.4) is 0 Å². The van der Waals surface area contributed by atoms with Gasteiger partial charge in [0.1, 0.15) is 0 Å². The van der Waals surface area contributed by atoms with Crippen molar-refractivity contribution in [1.29, 1.82) is 0 Å².